The summed E-state index contributed by atoms with van der Waals surface area (Å²) in [6.07, 6.45) is 6.79. The molecule has 6 rings (SSSR count). The van der Waals surface area contributed by atoms with Gasteiger partial charge in [0.15, 0.2) is 6.29 Å². The standard InChI is InChI=1S/C27H28N6O6S/c1-36-19-7-3-2-6-17(19)20(39-22-8-4-5-12-37-22)9-11-32-26-23(18(15-40-26)24-28-10-13-38-24)25(34)33(27(32)35)14-21-29-16-30-31-21/h2-3,6-7,10,13,15-16,20,22H,4-5,8-9,11-12,14H2,1H3,(H,29,30,31)/t20-,22?/m1/s1. The van der Waals surface area contributed by atoms with Crippen molar-refractivity contribution in [3.63, 3.8) is 0 Å². The number of hydrogen-bond donors (Lipinski definition) is 1. The molecule has 0 spiro atoms. The van der Waals surface area contributed by atoms with Crippen LogP contribution in [0.4, 0.5) is 0 Å². The maximum atomic E-state index is 13.8. The first-order chi connectivity index (χ1) is 19.6. The number of fused-ring (bicyclic) bond motifs is 1. The van der Waals surface area contributed by atoms with Gasteiger partial charge in [-0.05, 0) is 31.7 Å². The van der Waals surface area contributed by atoms with Crippen LogP contribution in [0, 0.1) is 0 Å². The molecule has 0 aliphatic carbocycles. The summed E-state index contributed by atoms with van der Waals surface area (Å²) < 4.78 is 26.3. The molecule has 0 bridgehead atoms. The molecule has 1 aliphatic rings. The van der Waals surface area contributed by atoms with Gasteiger partial charge in [0.1, 0.15) is 29.0 Å². The highest BCUT2D eigenvalue weighted by atomic mass is 32.1. The highest BCUT2D eigenvalue weighted by Crippen LogP contribution is 2.34. The van der Waals surface area contributed by atoms with Crippen molar-refractivity contribution in [2.75, 3.05) is 13.7 Å². The number of nitrogens with zero attached hydrogens (tertiary/aromatic N) is 5. The number of oxazole rings is 1. The molecule has 208 valence electrons. The molecule has 1 saturated heterocycles. The minimum Gasteiger partial charge on any atom is -0.496 e. The van der Waals surface area contributed by atoms with Crippen LogP contribution in [0.25, 0.3) is 21.7 Å². The van der Waals surface area contributed by atoms with Crippen molar-refractivity contribution >= 4 is 21.6 Å². The maximum absolute atomic E-state index is 13.8. The Labute approximate surface area is 232 Å². The van der Waals surface area contributed by atoms with E-state index in [-0.39, 0.29) is 19.4 Å². The summed E-state index contributed by atoms with van der Waals surface area (Å²) >= 11 is 1.30. The lowest BCUT2D eigenvalue weighted by molar-refractivity contribution is -0.192. The van der Waals surface area contributed by atoms with E-state index in [0.29, 0.717) is 46.3 Å². The molecule has 5 aromatic rings. The molecule has 2 atom stereocenters. The first-order valence-electron chi connectivity index (χ1n) is 13.0. The summed E-state index contributed by atoms with van der Waals surface area (Å²) in [7, 11) is 1.62. The fourth-order valence-corrected chi connectivity index (χ4v) is 6.05. The molecular formula is C27H28N6O6S. The molecule has 4 aromatic heterocycles. The van der Waals surface area contributed by atoms with Gasteiger partial charge in [-0.1, -0.05) is 18.2 Å². The Balaban J connectivity index is 1.42. The number of ether oxygens (including phenoxy) is 3. The largest absolute Gasteiger partial charge is 0.496 e. The molecule has 0 radical (unpaired) electrons. The Kier molecular flexibility index (Phi) is 7.58. The zero-order chi connectivity index (χ0) is 27.5. The van der Waals surface area contributed by atoms with Crippen molar-refractivity contribution in [1.29, 1.82) is 0 Å². The summed E-state index contributed by atoms with van der Waals surface area (Å²) in [5, 5.41) is 8.73. The summed E-state index contributed by atoms with van der Waals surface area (Å²) in [6, 6.07) is 7.68. The molecular weight excluding hydrogens is 536 g/mol. The van der Waals surface area contributed by atoms with Gasteiger partial charge in [-0.2, -0.15) is 5.10 Å². The highest BCUT2D eigenvalue weighted by molar-refractivity contribution is 7.17. The van der Waals surface area contributed by atoms with Crippen molar-refractivity contribution in [2.45, 2.75) is 51.2 Å². The van der Waals surface area contributed by atoms with E-state index in [4.69, 9.17) is 18.6 Å². The van der Waals surface area contributed by atoms with Crippen LogP contribution in [0.1, 0.15) is 43.2 Å². The van der Waals surface area contributed by atoms with Crippen molar-refractivity contribution in [2.24, 2.45) is 0 Å². The van der Waals surface area contributed by atoms with Crippen LogP contribution in [0.5, 0.6) is 5.75 Å². The van der Waals surface area contributed by atoms with Gasteiger partial charge in [-0.25, -0.2) is 14.8 Å². The monoisotopic (exact) mass is 564 g/mol. The van der Waals surface area contributed by atoms with Crippen molar-refractivity contribution in [3.05, 3.63) is 80.7 Å². The number of aromatic amines is 1. The Hall–Kier alpha value is -4.07. The van der Waals surface area contributed by atoms with Crippen molar-refractivity contribution in [3.8, 4) is 17.2 Å². The molecule has 12 nitrogen and oxygen atoms in total. The van der Waals surface area contributed by atoms with Crippen LogP contribution in [-0.2, 0) is 22.6 Å². The maximum Gasteiger partial charge on any atom is 0.332 e. The van der Waals surface area contributed by atoms with E-state index < -0.39 is 17.4 Å². The molecule has 1 aromatic carbocycles. The quantitative estimate of drug-likeness (QED) is 0.269. The van der Waals surface area contributed by atoms with Gasteiger partial charge in [0.2, 0.25) is 5.89 Å². The molecule has 13 heteroatoms. The summed E-state index contributed by atoms with van der Waals surface area (Å²) in [4.78, 5) is 36.4. The van der Waals surface area contributed by atoms with Gasteiger partial charge >= 0.3 is 5.69 Å². The molecule has 1 N–H and O–H groups in total. The second-order valence-corrected chi connectivity index (χ2v) is 10.2. The Morgan fingerprint density at radius 2 is 2.10 bits per heavy atom. The normalized spacial score (nSPS) is 16.4. The number of para-hydroxylation sites is 1. The topological polar surface area (TPSA) is 139 Å². The van der Waals surface area contributed by atoms with Crippen molar-refractivity contribution < 1.29 is 18.6 Å². The van der Waals surface area contributed by atoms with Gasteiger partial charge in [0.25, 0.3) is 5.56 Å². The highest BCUT2D eigenvalue weighted by Gasteiger charge is 2.26. The molecule has 1 unspecified atom stereocenters. The summed E-state index contributed by atoms with van der Waals surface area (Å²) in [5.41, 5.74) is 0.492. The molecule has 40 heavy (non-hydrogen) atoms. The van der Waals surface area contributed by atoms with E-state index >= 15 is 0 Å². The Bertz CT molecular complexity index is 1680. The second-order valence-electron chi connectivity index (χ2n) is 9.38. The molecule has 5 heterocycles. The number of benzene rings is 1. The van der Waals surface area contributed by atoms with Crippen LogP contribution < -0.4 is 16.0 Å². The molecule has 1 aliphatic heterocycles. The van der Waals surface area contributed by atoms with Crippen LogP contribution >= 0.6 is 11.3 Å². The van der Waals surface area contributed by atoms with Crippen LogP contribution in [0.15, 0.2) is 62.4 Å². The first-order valence-corrected chi connectivity index (χ1v) is 13.9. The third-order valence-corrected chi connectivity index (χ3v) is 7.93. The number of aryl methyl sites for hydroxylation is 1. The first kappa shape index (κ1) is 26.2. The number of nitrogens with one attached hydrogen (secondary N) is 1. The molecule has 0 saturated carbocycles. The van der Waals surface area contributed by atoms with Gasteiger partial charge in [0, 0.05) is 24.1 Å². The zero-order valence-electron chi connectivity index (χ0n) is 21.8. The number of methoxy groups -OCH3 is 1. The minimum atomic E-state index is -0.456. The zero-order valence-corrected chi connectivity index (χ0v) is 22.6. The number of hydrogen-bond acceptors (Lipinski definition) is 10. The predicted molar refractivity (Wildman–Crippen MR) is 146 cm³/mol. The third-order valence-electron chi connectivity index (χ3n) is 6.93. The van der Waals surface area contributed by atoms with E-state index in [1.54, 1.807) is 17.1 Å². The third kappa shape index (κ3) is 5.10. The van der Waals surface area contributed by atoms with Crippen molar-refractivity contribution in [1.82, 2.24) is 29.3 Å². The number of H-pyrrole nitrogens is 1. The summed E-state index contributed by atoms with van der Waals surface area (Å²) in [6.45, 7) is 0.860. The number of aromatic nitrogens is 6. The van der Waals surface area contributed by atoms with Gasteiger partial charge in [-0.3, -0.25) is 19.0 Å². The van der Waals surface area contributed by atoms with E-state index in [1.807, 2.05) is 24.3 Å². The molecule has 1 fully saturated rings. The predicted octanol–water partition coefficient (Wildman–Crippen LogP) is 3.73. The van der Waals surface area contributed by atoms with E-state index in [0.717, 1.165) is 29.4 Å². The number of rotatable bonds is 10. The fraction of sp³-hybridized carbons (Fsp3) is 0.370. The lowest BCUT2D eigenvalue weighted by Crippen LogP contribution is -2.40. The Morgan fingerprint density at radius 1 is 1.20 bits per heavy atom. The van der Waals surface area contributed by atoms with Gasteiger partial charge in [0.05, 0.1) is 36.9 Å². The van der Waals surface area contributed by atoms with Crippen LogP contribution in [0.3, 0.4) is 0 Å². The smallest absolute Gasteiger partial charge is 0.332 e. The minimum absolute atomic E-state index is 0.0587. The fourth-order valence-electron chi connectivity index (χ4n) is 4.99. The lowest BCUT2D eigenvalue weighted by atomic mass is 10.0. The van der Waals surface area contributed by atoms with Gasteiger partial charge in [-0.15, -0.1) is 11.3 Å². The SMILES string of the molecule is COc1ccccc1[C@@H](CCn1c(=O)n(Cc2ncn[nH]2)c(=O)c2c(-c3ncco3)csc21)OC1CCCCO1. The van der Waals surface area contributed by atoms with Crippen LogP contribution in [0.2, 0.25) is 0 Å². The van der Waals surface area contributed by atoms with E-state index in [2.05, 4.69) is 20.2 Å². The second kappa shape index (κ2) is 11.6. The molecule has 0 amide bonds. The lowest BCUT2D eigenvalue weighted by Gasteiger charge is -2.29. The van der Waals surface area contributed by atoms with E-state index in [9.17, 15) is 9.59 Å². The Morgan fingerprint density at radius 3 is 2.85 bits per heavy atom. The average Bonchev–Trinajstić information content (AvgIpc) is 3.77. The summed E-state index contributed by atoms with van der Waals surface area (Å²) in [5.74, 6) is 1.39. The van der Waals surface area contributed by atoms with Gasteiger partial charge < -0.3 is 18.6 Å². The van der Waals surface area contributed by atoms with E-state index in [1.165, 1.54) is 30.1 Å². The average molecular weight is 565 g/mol. The number of thiophene rings is 1. The van der Waals surface area contributed by atoms with Crippen LogP contribution in [-0.4, -0.2) is 49.3 Å².